The van der Waals surface area contributed by atoms with Crippen LogP contribution in [0.5, 0.6) is 5.75 Å². The lowest BCUT2D eigenvalue weighted by Crippen LogP contribution is -2.00. The predicted octanol–water partition coefficient (Wildman–Crippen LogP) is 1.72. The normalized spacial score (nSPS) is 11.4. The Morgan fingerprint density at radius 2 is 2.18 bits per heavy atom. The standard InChI is InChI=1S/C13H16O4/c1-3-9-4-5-12(17-2)11(6-9)10(8-14)7-13(15)16/h4-7,14H,3,8H2,1-2H3,(H,15,16)/b10-7+. The van der Waals surface area contributed by atoms with E-state index in [-0.39, 0.29) is 6.61 Å². The first kappa shape index (κ1) is 13.3. The fourth-order valence-electron chi connectivity index (χ4n) is 1.58. The summed E-state index contributed by atoms with van der Waals surface area (Å²) >= 11 is 0. The minimum atomic E-state index is -1.09. The summed E-state index contributed by atoms with van der Waals surface area (Å²) in [4.78, 5) is 10.7. The molecule has 92 valence electrons. The third kappa shape index (κ3) is 3.32. The Labute approximate surface area is 100 Å². The first-order chi connectivity index (χ1) is 8.12. The van der Waals surface area contributed by atoms with Crippen molar-refractivity contribution < 1.29 is 19.7 Å². The zero-order chi connectivity index (χ0) is 12.8. The molecular formula is C13H16O4. The molecule has 0 aromatic heterocycles. The maximum atomic E-state index is 10.7. The van der Waals surface area contributed by atoms with Crippen molar-refractivity contribution in [3.8, 4) is 5.75 Å². The highest BCUT2D eigenvalue weighted by Gasteiger charge is 2.10. The molecule has 0 fully saturated rings. The number of hydrogen-bond donors (Lipinski definition) is 2. The van der Waals surface area contributed by atoms with Gasteiger partial charge in [0.1, 0.15) is 5.75 Å². The van der Waals surface area contributed by atoms with Crippen molar-refractivity contribution in [2.24, 2.45) is 0 Å². The maximum Gasteiger partial charge on any atom is 0.328 e. The Bertz CT molecular complexity index is 435. The largest absolute Gasteiger partial charge is 0.496 e. The molecule has 0 amide bonds. The molecule has 0 atom stereocenters. The van der Waals surface area contributed by atoms with Crippen LogP contribution < -0.4 is 4.74 Å². The summed E-state index contributed by atoms with van der Waals surface area (Å²) in [7, 11) is 1.51. The summed E-state index contributed by atoms with van der Waals surface area (Å²) in [5.41, 5.74) is 2.02. The highest BCUT2D eigenvalue weighted by Crippen LogP contribution is 2.27. The van der Waals surface area contributed by atoms with Crippen LogP contribution >= 0.6 is 0 Å². The van der Waals surface area contributed by atoms with Crippen LogP contribution in [0.15, 0.2) is 24.3 Å². The van der Waals surface area contributed by atoms with E-state index >= 15 is 0 Å². The lowest BCUT2D eigenvalue weighted by Gasteiger charge is -2.11. The maximum absolute atomic E-state index is 10.7. The molecule has 0 unspecified atom stereocenters. The zero-order valence-electron chi connectivity index (χ0n) is 9.93. The van der Waals surface area contributed by atoms with Crippen LogP contribution in [-0.2, 0) is 11.2 Å². The molecule has 4 heteroatoms. The van der Waals surface area contributed by atoms with Gasteiger partial charge in [0.2, 0.25) is 0 Å². The predicted molar refractivity (Wildman–Crippen MR) is 65.1 cm³/mol. The van der Waals surface area contributed by atoms with Gasteiger partial charge in [0.25, 0.3) is 0 Å². The Hall–Kier alpha value is -1.81. The van der Waals surface area contributed by atoms with E-state index < -0.39 is 5.97 Å². The van der Waals surface area contributed by atoms with Crippen molar-refractivity contribution in [1.29, 1.82) is 0 Å². The van der Waals surface area contributed by atoms with E-state index in [1.165, 1.54) is 7.11 Å². The number of aliphatic hydroxyl groups excluding tert-OH is 1. The van der Waals surface area contributed by atoms with Crippen molar-refractivity contribution in [2.45, 2.75) is 13.3 Å². The fourth-order valence-corrected chi connectivity index (χ4v) is 1.58. The molecule has 1 aromatic rings. The second kappa shape index (κ2) is 6.06. The molecule has 0 aliphatic rings. The number of rotatable bonds is 5. The van der Waals surface area contributed by atoms with Crippen LogP contribution in [0.1, 0.15) is 18.1 Å². The third-order valence-corrected chi connectivity index (χ3v) is 2.49. The van der Waals surface area contributed by atoms with E-state index in [9.17, 15) is 9.90 Å². The van der Waals surface area contributed by atoms with E-state index in [2.05, 4.69) is 0 Å². The van der Waals surface area contributed by atoms with Crippen LogP contribution in [0.25, 0.3) is 5.57 Å². The first-order valence-corrected chi connectivity index (χ1v) is 5.34. The molecule has 0 aliphatic heterocycles. The minimum Gasteiger partial charge on any atom is -0.496 e. The van der Waals surface area contributed by atoms with Gasteiger partial charge in [0, 0.05) is 11.6 Å². The number of carboxylic acids is 1. The topological polar surface area (TPSA) is 66.8 Å². The second-order valence-corrected chi connectivity index (χ2v) is 3.55. The summed E-state index contributed by atoms with van der Waals surface area (Å²) in [6.07, 6.45) is 1.83. The van der Waals surface area contributed by atoms with E-state index in [0.717, 1.165) is 18.1 Å². The van der Waals surface area contributed by atoms with Gasteiger partial charge in [0.15, 0.2) is 0 Å². The van der Waals surface area contributed by atoms with E-state index in [1.807, 2.05) is 19.1 Å². The molecular weight excluding hydrogens is 220 g/mol. The van der Waals surface area contributed by atoms with Crippen molar-refractivity contribution in [2.75, 3.05) is 13.7 Å². The van der Waals surface area contributed by atoms with Crippen molar-refractivity contribution in [1.82, 2.24) is 0 Å². The molecule has 0 saturated carbocycles. The SMILES string of the molecule is CCc1ccc(OC)c(/C(=C/C(=O)O)CO)c1. The van der Waals surface area contributed by atoms with Crippen LogP contribution in [-0.4, -0.2) is 29.9 Å². The Kier molecular flexibility index (Phi) is 4.72. The zero-order valence-corrected chi connectivity index (χ0v) is 9.93. The fraction of sp³-hybridized carbons (Fsp3) is 0.308. The smallest absolute Gasteiger partial charge is 0.328 e. The average Bonchev–Trinajstić information content (AvgIpc) is 2.34. The van der Waals surface area contributed by atoms with Crippen molar-refractivity contribution in [3.05, 3.63) is 35.4 Å². The molecule has 0 radical (unpaired) electrons. The number of carbonyl (C=O) groups is 1. The molecule has 1 aromatic carbocycles. The average molecular weight is 236 g/mol. The molecule has 1 rings (SSSR count). The summed E-state index contributed by atoms with van der Waals surface area (Å²) in [5.74, 6) is -0.526. The quantitative estimate of drug-likeness (QED) is 0.764. The van der Waals surface area contributed by atoms with Gasteiger partial charge in [-0.25, -0.2) is 4.79 Å². The monoisotopic (exact) mass is 236 g/mol. The third-order valence-electron chi connectivity index (χ3n) is 2.49. The van der Waals surface area contributed by atoms with Gasteiger partial charge in [-0.05, 0) is 29.7 Å². The van der Waals surface area contributed by atoms with Crippen LogP contribution in [0.2, 0.25) is 0 Å². The van der Waals surface area contributed by atoms with Gasteiger partial charge in [-0.1, -0.05) is 13.0 Å². The van der Waals surface area contributed by atoms with Crippen molar-refractivity contribution in [3.63, 3.8) is 0 Å². The number of hydrogen-bond acceptors (Lipinski definition) is 3. The van der Waals surface area contributed by atoms with Gasteiger partial charge < -0.3 is 14.9 Å². The number of ether oxygens (including phenoxy) is 1. The van der Waals surface area contributed by atoms with E-state index in [4.69, 9.17) is 9.84 Å². The molecule has 0 aliphatic carbocycles. The number of benzene rings is 1. The minimum absolute atomic E-state index is 0.337. The van der Waals surface area contributed by atoms with Crippen LogP contribution in [0, 0.1) is 0 Å². The van der Waals surface area contributed by atoms with Gasteiger partial charge in [-0.15, -0.1) is 0 Å². The lowest BCUT2D eigenvalue weighted by atomic mass is 10.0. The summed E-state index contributed by atoms with van der Waals surface area (Å²) < 4.78 is 5.16. The molecule has 4 nitrogen and oxygen atoms in total. The molecule has 0 bridgehead atoms. The summed E-state index contributed by atoms with van der Waals surface area (Å²) in [6.45, 7) is 1.67. The molecule has 0 spiro atoms. The second-order valence-electron chi connectivity index (χ2n) is 3.55. The van der Waals surface area contributed by atoms with Crippen molar-refractivity contribution >= 4 is 11.5 Å². The Morgan fingerprint density at radius 1 is 1.47 bits per heavy atom. The highest BCUT2D eigenvalue weighted by molar-refractivity contribution is 5.91. The molecule has 0 heterocycles. The summed E-state index contributed by atoms with van der Waals surface area (Å²) in [6, 6.07) is 5.53. The number of carboxylic acid groups (broad SMARTS) is 1. The first-order valence-electron chi connectivity index (χ1n) is 5.34. The van der Waals surface area contributed by atoms with Gasteiger partial charge in [0.05, 0.1) is 13.7 Å². The lowest BCUT2D eigenvalue weighted by molar-refractivity contribution is -0.131. The molecule has 0 saturated heterocycles. The number of aliphatic hydroxyl groups is 1. The Morgan fingerprint density at radius 3 is 2.65 bits per heavy atom. The summed E-state index contributed by atoms with van der Waals surface area (Å²) in [5, 5.41) is 18.0. The number of aliphatic carboxylic acids is 1. The van der Waals surface area contributed by atoms with Crippen LogP contribution in [0.3, 0.4) is 0 Å². The van der Waals surface area contributed by atoms with E-state index in [0.29, 0.717) is 16.9 Å². The highest BCUT2D eigenvalue weighted by atomic mass is 16.5. The van der Waals surface area contributed by atoms with Gasteiger partial charge in [-0.2, -0.15) is 0 Å². The Balaban J connectivity index is 3.29. The van der Waals surface area contributed by atoms with Crippen LogP contribution in [0.4, 0.5) is 0 Å². The van der Waals surface area contributed by atoms with Gasteiger partial charge in [-0.3, -0.25) is 0 Å². The number of methoxy groups -OCH3 is 1. The number of aryl methyl sites for hydroxylation is 1. The molecule has 17 heavy (non-hydrogen) atoms. The van der Waals surface area contributed by atoms with E-state index in [1.54, 1.807) is 6.07 Å². The molecule has 2 N–H and O–H groups in total. The van der Waals surface area contributed by atoms with Gasteiger partial charge >= 0.3 is 5.97 Å².